The van der Waals surface area contributed by atoms with E-state index < -0.39 is 6.10 Å². The number of rotatable bonds is 6. The summed E-state index contributed by atoms with van der Waals surface area (Å²) < 4.78 is 10.7. The van der Waals surface area contributed by atoms with Crippen LogP contribution in [0.5, 0.6) is 5.75 Å². The number of benzene rings is 1. The number of nitrogens with zero attached hydrogens (tertiary/aromatic N) is 1. The molecule has 0 fully saturated rings. The van der Waals surface area contributed by atoms with E-state index in [1.165, 1.54) is 11.3 Å². The normalized spacial score (nSPS) is 17.7. The molecule has 1 aromatic carbocycles. The first-order chi connectivity index (χ1) is 15.1. The van der Waals surface area contributed by atoms with Gasteiger partial charge in [0, 0.05) is 16.9 Å². The lowest BCUT2D eigenvalue weighted by Crippen LogP contribution is -2.28. The first-order valence-electron chi connectivity index (χ1n) is 10.6. The number of carbonyl (C=O) groups is 2. The van der Waals surface area contributed by atoms with Crippen molar-refractivity contribution in [3.63, 3.8) is 0 Å². The fraction of sp³-hybridized carbons (Fsp3) is 0.435. The van der Waals surface area contributed by atoms with Crippen LogP contribution in [0.3, 0.4) is 0 Å². The number of methoxy groups -OCH3 is 1. The summed E-state index contributed by atoms with van der Waals surface area (Å²) in [5, 5.41) is 7.58. The van der Waals surface area contributed by atoms with Gasteiger partial charge in [-0.15, -0.1) is 11.3 Å². The van der Waals surface area contributed by atoms with Gasteiger partial charge in [-0.05, 0) is 50.3 Å². The zero-order valence-electron chi connectivity index (χ0n) is 17.7. The molecule has 1 N–H and O–H groups in total. The summed E-state index contributed by atoms with van der Waals surface area (Å²) in [6, 6.07) is 7.49. The van der Waals surface area contributed by atoms with Crippen molar-refractivity contribution in [2.45, 2.75) is 51.6 Å². The molecular formula is C23H26N2O5S. The van der Waals surface area contributed by atoms with Crippen LogP contribution in [0.25, 0.3) is 0 Å². The van der Waals surface area contributed by atoms with Crippen molar-refractivity contribution in [2.75, 3.05) is 19.0 Å². The molecule has 2 heterocycles. The Hall–Kier alpha value is -2.87. The van der Waals surface area contributed by atoms with E-state index in [4.69, 9.17) is 14.3 Å². The summed E-state index contributed by atoms with van der Waals surface area (Å²) in [7, 11) is 1.59. The van der Waals surface area contributed by atoms with E-state index in [1.54, 1.807) is 14.0 Å². The number of thiophene rings is 1. The van der Waals surface area contributed by atoms with Crippen molar-refractivity contribution < 1.29 is 23.9 Å². The Morgan fingerprint density at radius 1 is 1.23 bits per heavy atom. The molecule has 1 amide bonds. The largest absolute Gasteiger partial charge is 0.496 e. The number of ether oxygens (including phenoxy) is 2. The Labute approximate surface area is 185 Å². The van der Waals surface area contributed by atoms with E-state index in [-0.39, 0.29) is 11.9 Å². The van der Waals surface area contributed by atoms with Gasteiger partial charge in [-0.3, -0.25) is 4.79 Å². The maximum Gasteiger partial charge on any atom is 0.341 e. The van der Waals surface area contributed by atoms with Gasteiger partial charge in [0.05, 0.1) is 25.0 Å². The van der Waals surface area contributed by atoms with Gasteiger partial charge in [0.1, 0.15) is 10.8 Å². The van der Waals surface area contributed by atoms with Crippen molar-refractivity contribution in [2.24, 2.45) is 5.16 Å². The molecule has 0 spiro atoms. The molecule has 1 aliphatic heterocycles. The number of carbonyl (C=O) groups excluding carboxylic acids is 2. The van der Waals surface area contributed by atoms with Gasteiger partial charge in [-0.25, -0.2) is 4.79 Å². The Kier molecular flexibility index (Phi) is 6.56. The second kappa shape index (κ2) is 9.51. The van der Waals surface area contributed by atoms with Gasteiger partial charge in [-0.2, -0.15) is 0 Å². The summed E-state index contributed by atoms with van der Waals surface area (Å²) in [5.41, 5.74) is 2.98. The van der Waals surface area contributed by atoms with Crippen LogP contribution in [0.2, 0.25) is 0 Å². The molecule has 31 heavy (non-hydrogen) atoms. The molecule has 4 rings (SSSR count). The van der Waals surface area contributed by atoms with Crippen molar-refractivity contribution in [3.8, 4) is 5.75 Å². The smallest absolute Gasteiger partial charge is 0.341 e. The second-order valence-corrected chi connectivity index (χ2v) is 8.62. The number of oxime groups is 1. The third-order valence-electron chi connectivity index (χ3n) is 5.52. The third kappa shape index (κ3) is 4.44. The molecule has 0 saturated carbocycles. The molecule has 1 unspecified atom stereocenters. The number of fused-ring (bicyclic) bond motifs is 1. The van der Waals surface area contributed by atoms with Crippen molar-refractivity contribution in [1.82, 2.24) is 0 Å². The van der Waals surface area contributed by atoms with Crippen LogP contribution in [0.15, 0.2) is 29.4 Å². The first-order valence-corrected chi connectivity index (χ1v) is 11.4. The van der Waals surface area contributed by atoms with E-state index in [1.807, 2.05) is 24.3 Å². The molecule has 7 nitrogen and oxygen atoms in total. The van der Waals surface area contributed by atoms with Crippen LogP contribution < -0.4 is 10.1 Å². The standard InChI is InChI=1S/C23H26N2O5S/c1-3-29-23(27)20-15-10-5-4-6-12-19(15)31-22(20)24-21(26)18-13-16(25-30-18)14-9-7-8-11-17(14)28-2/h7-9,11,18H,3-6,10,12-13H2,1-2H3,(H,24,26). The Morgan fingerprint density at radius 3 is 2.84 bits per heavy atom. The maximum atomic E-state index is 13.0. The minimum atomic E-state index is -0.767. The minimum Gasteiger partial charge on any atom is -0.496 e. The molecule has 2 aromatic rings. The van der Waals surface area contributed by atoms with E-state index in [9.17, 15) is 9.59 Å². The van der Waals surface area contributed by atoms with Gasteiger partial charge in [-0.1, -0.05) is 23.7 Å². The monoisotopic (exact) mass is 442 g/mol. The number of para-hydroxylation sites is 1. The lowest BCUT2D eigenvalue weighted by atomic mass is 10.0. The summed E-state index contributed by atoms with van der Waals surface area (Å²) in [6.45, 7) is 2.07. The Bertz CT molecular complexity index is 1010. The number of nitrogens with one attached hydrogen (secondary N) is 1. The molecule has 8 heteroatoms. The zero-order valence-corrected chi connectivity index (χ0v) is 18.5. The number of esters is 1. The van der Waals surface area contributed by atoms with Crippen LogP contribution >= 0.6 is 11.3 Å². The van der Waals surface area contributed by atoms with Gasteiger partial charge in [0.2, 0.25) is 6.10 Å². The van der Waals surface area contributed by atoms with E-state index in [0.29, 0.717) is 35.1 Å². The second-order valence-electron chi connectivity index (χ2n) is 7.51. The van der Waals surface area contributed by atoms with Crippen molar-refractivity contribution in [1.29, 1.82) is 0 Å². The highest BCUT2D eigenvalue weighted by atomic mass is 32.1. The van der Waals surface area contributed by atoms with E-state index in [2.05, 4.69) is 10.5 Å². The lowest BCUT2D eigenvalue weighted by molar-refractivity contribution is -0.125. The predicted molar refractivity (Wildman–Crippen MR) is 119 cm³/mol. The fourth-order valence-electron chi connectivity index (χ4n) is 4.00. The van der Waals surface area contributed by atoms with Crippen molar-refractivity contribution >= 4 is 33.9 Å². The molecular weight excluding hydrogens is 416 g/mol. The predicted octanol–water partition coefficient (Wildman–Crippen LogP) is 4.33. The van der Waals surface area contributed by atoms with E-state index >= 15 is 0 Å². The zero-order chi connectivity index (χ0) is 21.8. The van der Waals surface area contributed by atoms with Crippen LogP contribution in [0.4, 0.5) is 5.00 Å². The molecule has 2 aliphatic rings. The SMILES string of the molecule is CCOC(=O)c1c(NC(=O)C2CC(c3ccccc3OC)=NO2)sc2c1CCCCC2. The summed E-state index contributed by atoms with van der Waals surface area (Å²) in [4.78, 5) is 32.3. The third-order valence-corrected chi connectivity index (χ3v) is 6.72. The van der Waals surface area contributed by atoms with Crippen LogP contribution in [0, 0.1) is 0 Å². The average molecular weight is 443 g/mol. The molecule has 0 radical (unpaired) electrons. The minimum absolute atomic E-state index is 0.290. The first kappa shape index (κ1) is 21.4. The van der Waals surface area contributed by atoms with E-state index in [0.717, 1.165) is 48.1 Å². The van der Waals surface area contributed by atoms with Crippen LogP contribution in [0.1, 0.15) is 59.0 Å². The van der Waals surface area contributed by atoms with Crippen LogP contribution in [-0.4, -0.2) is 37.4 Å². The lowest BCUT2D eigenvalue weighted by Gasteiger charge is -2.11. The quantitative estimate of drug-likeness (QED) is 0.531. The number of hydrogen-bond donors (Lipinski definition) is 1. The summed E-state index contributed by atoms with van der Waals surface area (Å²) >= 11 is 1.47. The maximum absolute atomic E-state index is 13.0. The van der Waals surface area contributed by atoms with Gasteiger partial charge < -0.3 is 19.6 Å². The molecule has 0 bridgehead atoms. The summed E-state index contributed by atoms with van der Waals surface area (Å²) in [5.74, 6) is -0.0244. The van der Waals surface area contributed by atoms with Gasteiger partial charge >= 0.3 is 5.97 Å². The number of anilines is 1. The number of aryl methyl sites for hydroxylation is 1. The highest BCUT2D eigenvalue weighted by Gasteiger charge is 2.33. The number of amides is 1. The highest BCUT2D eigenvalue weighted by molar-refractivity contribution is 7.17. The van der Waals surface area contributed by atoms with Crippen LogP contribution in [-0.2, 0) is 27.2 Å². The molecule has 1 aliphatic carbocycles. The fourth-order valence-corrected chi connectivity index (χ4v) is 5.28. The Balaban J connectivity index is 1.52. The van der Waals surface area contributed by atoms with Gasteiger partial charge in [0.15, 0.2) is 0 Å². The molecule has 1 aromatic heterocycles. The summed E-state index contributed by atoms with van der Waals surface area (Å²) in [6.07, 6.45) is 4.57. The topological polar surface area (TPSA) is 86.2 Å². The highest BCUT2D eigenvalue weighted by Crippen LogP contribution is 2.38. The van der Waals surface area contributed by atoms with Gasteiger partial charge in [0.25, 0.3) is 5.91 Å². The average Bonchev–Trinajstić information content (AvgIpc) is 3.33. The molecule has 1 atom stereocenters. The Morgan fingerprint density at radius 2 is 2.03 bits per heavy atom. The molecule has 0 saturated heterocycles. The van der Waals surface area contributed by atoms with Crippen molar-refractivity contribution in [3.05, 3.63) is 45.8 Å². The molecule has 164 valence electrons. The number of hydrogen-bond acceptors (Lipinski definition) is 7.